The summed E-state index contributed by atoms with van der Waals surface area (Å²) in [5.74, 6) is 6.76. The number of ether oxygens (including phenoxy) is 2. The molecule has 5 aromatic rings. The van der Waals surface area contributed by atoms with Gasteiger partial charge in [0.15, 0.2) is 11.5 Å². The smallest absolute Gasteiger partial charge is 0.327 e. The van der Waals surface area contributed by atoms with E-state index in [1.165, 1.54) is 0 Å². The SMILES string of the molecule is CCOC(=O)Cn1cc(-c2cnc(N3CCOCC3)c3nc(C#Cc4ccc5ccccc5n4)cn23)cn1. The summed E-state index contributed by atoms with van der Waals surface area (Å²) in [5, 5.41) is 5.40. The number of carbonyl (C=O) groups is 1. The van der Waals surface area contributed by atoms with Gasteiger partial charge < -0.3 is 14.4 Å². The summed E-state index contributed by atoms with van der Waals surface area (Å²) in [6.07, 6.45) is 7.20. The van der Waals surface area contributed by atoms with E-state index in [-0.39, 0.29) is 12.5 Å². The number of hydrogen-bond donors (Lipinski definition) is 0. The first-order chi connectivity index (χ1) is 18.7. The van der Waals surface area contributed by atoms with Crippen LogP contribution in [0.4, 0.5) is 5.82 Å². The number of fused-ring (bicyclic) bond motifs is 2. The number of carbonyl (C=O) groups excluding carboxylic acids is 1. The van der Waals surface area contributed by atoms with Crippen LogP contribution in [0.3, 0.4) is 0 Å². The Bertz CT molecular complexity index is 1690. The monoisotopic (exact) mass is 507 g/mol. The first-order valence-corrected chi connectivity index (χ1v) is 12.4. The van der Waals surface area contributed by atoms with Crippen molar-refractivity contribution in [2.45, 2.75) is 13.5 Å². The van der Waals surface area contributed by atoms with Crippen molar-refractivity contribution in [3.63, 3.8) is 0 Å². The molecular weight excluding hydrogens is 482 g/mol. The highest BCUT2D eigenvalue weighted by Gasteiger charge is 2.20. The Morgan fingerprint density at radius 3 is 2.74 bits per heavy atom. The number of rotatable bonds is 5. The molecular formula is C28H25N7O3. The molecule has 0 amide bonds. The third-order valence-corrected chi connectivity index (χ3v) is 6.23. The molecule has 4 aromatic heterocycles. The minimum absolute atomic E-state index is 0.0374. The van der Waals surface area contributed by atoms with Gasteiger partial charge in [0, 0.05) is 36.4 Å². The topological polar surface area (TPSA) is 99.7 Å². The van der Waals surface area contributed by atoms with E-state index in [2.05, 4.69) is 26.8 Å². The van der Waals surface area contributed by atoms with Crippen molar-refractivity contribution >= 4 is 28.3 Å². The van der Waals surface area contributed by atoms with Crippen molar-refractivity contribution in [1.82, 2.24) is 29.1 Å². The summed E-state index contributed by atoms with van der Waals surface area (Å²) in [6, 6.07) is 11.9. The molecule has 0 N–H and O–H groups in total. The zero-order valence-corrected chi connectivity index (χ0v) is 20.9. The number of imidazole rings is 1. The highest BCUT2D eigenvalue weighted by molar-refractivity contribution is 5.79. The Morgan fingerprint density at radius 2 is 1.87 bits per heavy atom. The lowest BCUT2D eigenvalue weighted by Gasteiger charge is -2.28. The molecule has 10 heteroatoms. The summed E-state index contributed by atoms with van der Waals surface area (Å²) < 4.78 is 14.1. The quantitative estimate of drug-likeness (QED) is 0.265. The number of aromatic nitrogens is 6. The van der Waals surface area contributed by atoms with E-state index in [1.54, 1.807) is 30.2 Å². The van der Waals surface area contributed by atoms with Crippen molar-refractivity contribution < 1.29 is 14.3 Å². The van der Waals surface area contributed by atoms with Crippen LogP contribution in [0.1, 0.15) is 18.3 Å². The van der Waals surface area contributed by atoms with Crippen LogP contribution >= 0.6 is 0 Å². The van der Waals surface area contributed by atoms with Gasteiger partial charge in [-0.1, -0.05) is 24.3 Å². The predicted molar refractivity (Wildman–Crippen MR) is 142 cm³/mol. The van der Waals surface area contributed by atoms with Gasteiger partial charge in [0.25, 0.3) is 0 Å². The number of morpholine rings is 1. The molecule has 0 unspecified atom stereocenters. The Balaban J connectivity index is 1.39. The number of nitrogens with zero attached hydrogens (tertiary/aromatic N) is 7. The van der Waals surface area contributed by atoms with Gasteiger partial charge in [0.05, 0.1) is 43.4 Å². The van der Waals surface area contributed by atoms with E-state index in [1.807, 2.05) is 47.0 Å². The summed E-state index contributed by atoms with van der Waals surface area (Å²) in [5.41, 5.74) is 4.45. The molecule has 0 aliphatic carbocycles. The van der Waals surface area contributed by atoms with Gasteiger partial charge in [-0.25, -0.2) is 15.0 Å². The van der Waals surface area contributed by atoms with Gasteiger partial charge in [-0.05, 0) is 30.9 Å². The zero-order valence-electron chi connectivity index (χ0n) is 20.9. The lowest BCUT2D eigenvalue weighted by Crippen LogP contribution is -2.37. The minimum Gasteiger partial charge on any atom is -0.465 e. The van der Waals surface area contributed by atoms with E-state index >= 15 is 0 Å². The Morgan fingerprint density at radius 1 is 1.03 bits per heavy atom. The van der Waals surface area contributed by atoms with Crippen LogP contribution in [0.2, 0.25) is 0 Å². The lowest BCUT2D eigenvalue weighted by atomic mass is 10.2. The number of anilines is 1. The minimum atomic E-state index is -0.337. The van der Waals surface area contributed by atoms with Gasteiger partial charge in [-0.2, -0.15) is 5.10 Å². The maximum atomic E-state index is 11.9. The van der Waals surface area contributed by atoms with E-state index in [0.717, 1.165) is 41.1 Å². The van der Waals surface area contributed by atoms with E-state index in [4.69, 9.17) is 19.4 Å². The molecule has 0 bridgehead atoms. The average molecular weight is 508 g/mol. The molecule has 10 nitrogen and oxygen atoms in total. The maximum absolute atomic E-state index is 11.9. The molecule has 6 rings (SSSR count). The van der Waals surface area contributed by atoms with Crippen molar-refractivity contribution in [2.75, 3.05) is 37.8 Å². The molecule has 0 spiro atoms. The first kappa shape index (κ1) is 23.6. The van der Waals surface area contributed by atoms with Gasteiger partial charge in [0.1, 0.15) is 17.9 Å². The molecule has 0 atom stereocenters. The Labute approximate surface area is 218 Å². The third-order valence-electron chi connectivity index (χ3n) is 6.23. The molecule has 0 radical (unpaired) electrons. The average Bonchev–Trinajstić information content (AvgIpc) is 3.59. The fourth-order valence-electron chi connectivity index (χ4n) is 4.42. The second kappa shape index (κ2) is 10.3. The van der Waals surface area contributed by atoms with Crippen molar-refractivity contribution in [2.24, 2.45) is 0 Å². The molecule has 0 saturated carbocycles. The normalized spacial score (nSPS) is 13.4. The van der Waals surface area contributed by atoms with Crippen molar-refractivity contribution in [3.05, 3.63) is 72.6 Å². The first-order valence-electron chi connectivity index (χ1n) is 12.4. The zero-order chi connectivity index (χ0) is 25.9. The summed E-state index contributed by atoms with van der Waals surface area (Å²) in [4.78, 5) is 28.3. The van der Waals surface area contributed by atoms with Crippen LogP contribution in [0.15, 0.2) is 61.2 Å². The molecule has 1 aliphatic rings. The van der Waals surface area contributed by atoms with E-state index in [9.17, 15) is 4.79 Å². The fourth-order valence-corrected chi connectivity index (χ4v) is 4.42. The van der Waals surface area contributed by atoms with Crippen molar-refractivity contribution in [3.8, 4) is 23.1 Å². The van der Waals surface area contributed by atoms with Crippen LogP contribution in [-0.4, -0.2) is 68.0 Å². The van der Waals surface area contributed by atoms with Crippen LogP contribution in [0.5, 0.6) is 0 Å². The van der Waals surface area contributed by atoms with E-state index < -0.39 is 0 Å². The molecule has 1 aromatic carbocycles. The molecule has 1 aliphatic heterocycles. The third kappa shape index (κ3) is 4.79. The molecule has 5 heterocycles. The number of para-hydroxylation sites is 1. The van der Waals surface area contributed by atoms with Gasteiger partial charge in [-0.15, -0.1) is 0 Å². The van der Waals surface area contributed by atoms with Crippen LogP contribution in [-0.2, 0) is 20.8 Å². The highest BCUT2D eigenvalue weighted by atomic mass is 16.5. The summed E-state index contributed by atoms with van der Waals surface area (Å²) >= 11 is 0. The van der Waals surface area contributed by atoms with Gasteiger partial charge in [0.2, 0.25) is 0 Å². The summed E-state index contributed by atoms with van der Waals surface area (Å²) in [6.45, 7) is 4.88. The van der Waals surface area contributed by atoms with Gasteiger partial charge >= 0.3 is 5.97 Å². The summed E-state index contributed by atoms with van der Waals surface area (Å²) in [7, 11) is 0. The predicted octanol–water partition coefficient (Wildman–Crippen LogP) is 2.94. The van der Waals surface area contributed by atoms with Crippen molar-refractivity contribution in [1.29, 1.82) is 0 Å². The van der Waals surface area contributed by atoms with E-state index in [0.29, 0.717) is 36.9 Å². The second-order valence-corrected chi connectivity index (χ2v) is 8.76. The van der Waals surface area contributed by atoms with Crippen LogP contribution in [0, 0.1) is 11.8 Å². The largest absolute Gasteiger partial charge is 0.465 e. The molecule has 38 heavy (non-hydrogen) atoms. The second-order valence-electron chi connectivity index (χ2n) is 8.76. The molecule has 1 saturated heterocycles. The standard InChI is InChI=1S/C28H25N7O3/c1-2-38-26(36)19-34-17-21(15-30-34)25-16-29-27(33-11-13-37-14-12-33)28-32-23(18-35(25)28)10-9-22-8-7-20-5-3-4-6-24(20)31-22/h3-8,15-18H,2,11-14,19H2,1H3. The number of esters is 1. The Kier molecular flexibility index (Phi) is 6.42. The van der Waals surface area contributed by atoms with Crippen LogP contribution < -0.4 is 4.90 Å². The Hall–Kier alpha value is -4.75. The maximum Gasteiger partial charge on any atom is 0.327 e. The highest BCUT2D eigenvalue weighted by Crippen LogP contribution is 2.26. The number of pyridine rings is 1. The number of benzene rings is 1. The number of hydrogen-bond acceptors (Lipinski definition) is 8. The van der Waals surface area contributed by atoms with Crippen LogP contribution in [0.25, 0.3) is 27.8 Å². The molecule has 190 valence electrons. The van der Waals surface area contributed by atoms with Gasteiger partial charge in [-0.3, -0.25) is 13.9 Å². The lowest BCUT2D eigenvalue weighted by molar-refractivity contribution is -0.144. The fraction of sp³-hybridized carbons (Fsp3) is 0.250. The molecule has 1 fully saturated rings.